The molecule has 3 aliphatic rings. The van der Waals surface area contributed by atoms with Crippen molar-refractivity contribution in [3.8, 4) is 0 Å². The number of rotatable bonds is 0. The standard InChI is InChI=1S/C14H22O/c1-12(2)11-6-8-13(12,3)14(10-11)7-4-5-9-15-14/h5,9,11H,4,6-8,10H2,1-3H3/t11-,13-,14-/m1/s1. The molecule has 0 saturated heterocycles. The predicted octanol–water partition coefficient (Wildman–Crippen LogP) is 3.90. The Morgan fingerprint density at radius 1 is 1.20 bits per heavy atom. The molecular formula is C14H22O. The monoisotopic (exact) mass is 206 g/mol. The molecule has 1 heterocycles. The second kappa shape index (κ2) is 2.61. The molecule has 2 aliphatic carbocycles. The Labute approximate surface area is 92.9 Å². The van der Waals surface area contributed by atoms with E-state index in [2.05, 4.69) is 26.8 Å². The lowest BCUT2D eigenvalue weighted by Gasteiger charge is -2.49. The van der Waals surface area contributed by atoms with Gasteiger partial charge in [0, 0.05) is 5.41 Å². The van der Waals surface area contributed by atoms with Gasteiger partial charge in [0.05, 0.1) is 6.26 Å². The second-order valence-corrected chi connectivity index (χ2v) is 6.52. The molecule has 1 spiro atoms. The van der Waals surface area contributed by atoms with E-state index in [1.165, 1.54) is 32.1 Å². The highest BCUT2D eigenvalue weighted by Gasteiger charge is 2.69. The van der Waals surface area contributed by atoms with Gasteiger partial charge in [-0.1, -0.05) is 20.8 Å². The SMILES string of the molecule is CC1(C)[C@@H]2CC[C@@]1(C)[C@@]1(CCC=CO1)C2. The number of allylic oxidation sites excluding steroid dienone is 1. The highest BCUT2D eigenvalue weighted by atomic mass is 16.5. The van der Waals surface area contributed by atoms with Crippen molar-refractivity contribution in [2.45, 2.75) is 58.5 Å². The molecule has 0 radical (unpaired) electrons. The first-order valence-electron chi connectivity index (χ1n) is 6.35. The third-order valence-corrected chi connectivity index (χ3v) is 6.12. The molecule has 1 nitrogen and oxygen atoms in total. The molecule has 1 aliphatic heterocycles. The van der Waals surface area contributed by atoms with Crippen LogP contribution >= 0.6 is 0 Å². The zero-order chi connectivity index (χ0) is 10.7. The molecule has 1 heteroatoms. The van der Waals surface area contributed by atoms with Crippen molar-refractivity contribution < 1.29 is 4.74 Å². The summed E-state index contributed by atoms with van der Waals surface area (Å²) >= 11 is 0. The van der Waals surface area contributed by atoms with Crippen LogP contribution in [0.1, 0.15) is 52.9 Å². The topological polar surface area (TPSA) is 9.23 Å². The second-order valence-electron chi connectivity index (χ2n) is 6.52. The molecule has 2 bridgehead atoms. The van der Waals surface area contributed by atoms with Crippen LogP contribution < -0.4 is 0 Å². The molecule has 3 atom stereocenters. The van der Waals surface area contributed by atoms with Crippen molar-refractivity contribution in [3.63, 3.8) is 0 Å². The zero-order valence-electron chi connectivity index (χ0n) is 10.2. The average Bonchev–Trinajstić information content (AvgIpc) is 2.51. The Bertz CT molecular complexity index is 317. The van der Waals surface area contributed by atoms with Crippen LogP contribution in [0, 0.1) is 16.7 Å². The normalized spacial score (nSPS) is 51.0. The lowest BCUT2D eigenvalue weighted by Crippen LogP contribution is -2.49. The largest absolute Gasteiger partial charge is 0.495 e. The van der Waals surface area contributed by atoms with E-state index in [1.807, 2.05) is 6.26 Å². The number of hydrogen-bond acceptors (Lipinski definition) is 1. The maximum Gasteiger partial charge on any atom is 0.115 e. The summed E-state index contributed by atoms with van der Waals surface area (Å²) in [5.41, 5.74) is 1.04. The average molecular weight is 206 g/mol. The fourth-order valence-electron chi connectivity index (χ4n) is 4.57. The van der Waals surface area contributed by atoms with E-state index in [0.717, 1.165) is 5.92 Å². The van der Waals surface area contributed by atoms with Crippen LogP contribution in [0.5, 0.6) is 0 Å². The number of fused-ring (bicyclic) bond motifs is 3. The summed E-state index contributed by atoms with van der Waals surface area (Å²) in [4.78, 5) is 0. The molecular weight excluding hydrogens is 184 g/mol. The van der Waals surface area contributed by atoms with E-state index in [-0.39, 0.29) is 5.60 Å². The van der Waals surface area contributed by atoms with Crippen LogP contribution in [-0.4, -0.2) is 5.60 Å². The summed E-state index contributed by atoms with van der Waals surface area (Å²) in [6.45, 7) is 7.39. The minimum absolute atomic E-state index is 0.175. The molecule has 3 rings (SSSR count). The van der Waals surface area contributed by atoms with E-state index in [0.29, 0.717) is 10.8 Å². The highest BCUT2D eigenvalue weighted by molar-refractivity contribution is 5.20. The zero-order valence-corrected chi connectivity index (χ0v) is 10.2. The van der Waals surface area contributed by atoms with Crippen molar-refractivity contribution in [2.24, 2.45) is 16.7 Å². The summed E-state index contributed by atoms with van der Waals surface area (Å²) in [5, 5.41) is 0. The predicted molar refractivity (Wildman–Crippen MR) is 61.4 cm³/mol. The van der Waals surface area contributed by atoms with Crippen molar-refractivity contribution in [1.82, 2.24) is 0 Å². The molecule has 0 aromatic rings. The summed E-state index contributed by atoms with van der Waals surface area (Å²) in [6.07, 6.45) is 10.6. The molecule has 2 fully saturated rings. The molecule has 0 aromatic heterocycles. The Morgan fingerprint density at radius 2 is 2.00 bits per heavy atom. The van der Waals surface area contributed by atoms with Gasteiger partial charge in [-0.25, -0.2) is 0 Å². The van der Waals surface area contributed by atoms with Gasteiger partial charge < -0.3 is 4.74 Å². The fraction of sp³-hybridized carbons (Fsp3) is 0.857. The highest BCUT2D eigenvalue weighted by Crippen LogP contribution is 2.72. The van der Waals surface area contributed by atoms with E-state index < -0.39 is 0 Å². The third-order valence-electron chi connectivity index (χ3n) is 6.12. The lowest BCUT2D eigenvalue weighted by atomic mass is 9.63. The molecule has 2 saturated carbocycles. The van der Waals surface area contributed by atoms with E-state index in [9.17, 15) is 0 Å². The van der Waals surface area contributed by atoms with E-state index in [4.69, 9.17) is 4.74 Å². The first-order valence-corrected chi connectivity index (χ1v) is 6.35. The Hall–Kier alpha value is -0.460. The smallest absolute Gasteiger partial charge is 0.115 e. The number of hydrogen-bond donors (Lipinski definition) is 0. The van der Waals surface area contributed by atoms with Gasteiger partial charge in [0.15, 0.2) is 0 Å². The van der Waals surface area contributed by atoms with Crippen LogP contribution in [0.25, 0.3) is 0 Å². The summed E-state index contributed by atoms with van der Waals surface area (Å²) in [6, 6.07) is 0. The van der Waals surface area contributed by atoms with E-state index >= 15 is 0 Å². The maximum atomic E-state index is 6.12. The van der Waals surface area contributed by atoms with Gasteiger partial charge in [0.1, 0.15) is 5.60 Å². The van der Waals surface area contributed by atoms with Crippen LogP contribution in [-0.2, 0) is 4.74 Å². The van der Waals surface area contributed by atoms with Gasteiger partial charge in [-0.15, -0.1) is 0 Å². The first-order chi connectivity index (χ1) is 7.02. The van der Waals surface area contributed by atoms with E-state index in [1.54, 1.807) is 0 Å². The molecule has 0 unspecified atom stereocenters. The first kappa shape index (κ1) is 9.74. The van der Waals surface area contributed by atoms with Crippen molar-refractivity contribution in [1.29, 1.82) is 0 Å². The van der Waals surface area contributed by atoms with Crippen LogP contribution in [0.2, 0.25) is 0 Å². The van der Waals surface area contributed by atoms with Crippen molar-refractivity contribution >= 4 is 0 Å². The summed E-state index contributed by atoms with van der Waals surface area (Å²) in [7, 11) is 0. The number of ether oxygens (including phenoxy) is 1. The van der Waals surface area contributed by atoms with Gasteiger partial charge in [-0.2, -0.15) is 0 Å². The minimum atomic E-state index is 0.175. The molecule has 84 valence electrons. The summed E-state index contributed by atoms with van der Waals surface area (Å²) in [5.74, 6) is 0.883. The Morgan fingerprint density at radius 3 is 2.47 bits per heavy atom. The molecule has 0 N–H and O–H groups in total. The van der Waals surface area contributed by atoms with Crippen LogP contribution in [0.4, 0.5) is 0 Å². The minimum Gasteiger partial charge on any atom is -0.495 e. The maximum absolute atomic E-state index is 6.12. The third kappa shape index (κ3) is 0.909. The van der Waals surface area contributed by atoms with Crippen molar-refractivity contribution in [3.05, 3.63) is 12.3 Å². The van der Waals surface area contributed by atoms with Gasteiger partial charge in [0.25, 0.3) is 0 Å². The van der Waals surface area contributed by atoms with Crippen LogP contribution in [0.3, 0.4) is 0 Å². The van der Waals surface area contributed by atoms with Gasteiger partial charge in [-0.3, -0.25) is 0 Å². The quantitative estimate of drug-likeness (QED) is 0.584. The van der Waals surface area contributed by atoms with Gasteiger partial charge in [-0.05, 0) is 49.5 Å². The van der Waals surface area contributed by atoms with Gasteiger partial charge >= 0.3 is 0 Å². The Balaban J connectivity index is 2.05. The van der Waals surface area contributed by atoms with Crippen LogP contribution in [0.15, 0.2) is 12.3 Å². The Kier molecular flexibility index (Phi) is 1.70. The lowest BCUT2D eigenvalue weighted by molar-refractivity contribution is -0.108. The summed E-state index contributed by atoms with van der Waals surface area (Å²) < 4.78 is 6.12. The molecule has 0 aromatic carbocycles. The fourth-order valence-corrected chi connectivity index (χ4v) is 4.57. The van der Waals surface area contributed by atoms with Crippen molar-refractivity contribution in [2.75, 3.05) is 0 Å². The van der Waals surface area contributed by atoms with Gasteiger partial charge in [0.2, 0.25) is 0 Å². The molecule has 0 amide bonds. The molecule has 15 heavy (non-hydrogen) atoms.